The van der Waals surface area contributed by atoms with Crippen LogP contribution in [-0.4, -0.2) is 28.1 Å². The second-order valence-electron chi connectivity index (χ2n) is 4.73. The van der Waals surface area contributed by atoms with E-state index in [-0.39, 0.29) is 12.0 Å². The normalized spacial score (nSPS) is 13.9. The molecule has 0 aliphatic heterocycles. The number of aliphatic carboxylic acids is 1. The van der Waals surface area contributed by atoms with E-state index in [1.54, 1.807) is 13.1 Å². The lowest BCUT2D eigenvalue weighted by Crippen LogP contribution is -2.47. The Balaban J connectivity index is 2.51. The van der Waals surface area contributed by atoms with Crippen molar-refractivity contribution >= 4 is 23.3 Å². The lowest BCUT2D eigenvalue weighted by molar-refractivity contribution is -0.139. The Bertz CT molecular complexity index is 420. The maximum atomic E-state index is 11.7. The minimum atomic E-state index is -1.02. The second kappa shape index (κ2) is 7.08. The molecule has 1 heterocycles. The number of hydrogen-bond donors (Lipinski definition) is 3. The quantitative estimate of drug-likeness (QED) is 0.745. The number of carbonyl (C=O) groups excluding carboxylic acids is 1. The maximum absolute atomic E-state index is 11.7. The smallest absolute Gasteiger partial charge is 0.326 e. The van der Waals surface area contributed by atoms with Crippen LogP contribution >= 0.6 is 11.3 Å². The SMILES string of the molecule is CC(C)CC(NC(=O)NC(C)c1nccs1)C(=O)O. The van der Waals surface area contributed by atoms with Crippen molar-refractivity contribution in [2.24, 2.45) is 5.92 Å². The molecule has 1 aromatic rings. The Morgan fingerprint density at radius 3 is 2.53 bits per heavy atom. The minimum absolute atomic E-state index is 0.192. The van der Waals surface area contributed by atoms with Gasteiger partial charge < -0.3 is 15.7 Å². The van der Waals surface area contributed by atoms with Gasteiger partial charge in [0, 0.05) is 11.6 Å². The fourth-order valence-electron chi connectivity index (χ4n) is 1.60. The highest BCUT2D eigenvalue weighted by Gasteiger charge is 2.22. The topological polar surface area (TPSA) is 91.3 Å². The number of carboxylic acid groups (broad SMARTS) is 1. The van der Waals surface area contributed by atoms with E-state index in [0.717, 1.165) is 5.01 Å². The molecule has 6 nitrogen and oxygen atoms in total. The summed E-state index contributed by atoms with van der Waals surface area (Å²) in [6, 6.07) is -1.60. The summed E-state index contributed by atoms with van der Waals surface area (Å²) in [6.45, 7) is 5.62. The number of urea groups is 1. The van der Waals surface area contributed by atoms with E-state index in [1.165, 1.54) is 11.3 Å². The number of nitrogens with one attached hydrogen (secondary N) is 2. The van der Waals surface area contributed by atoms with Gasteiger partial charge in [-0.3, -0.25) is 0 Å². The number of rotatable bonds is 6. The highest BCUT2D eigenvalue weighted by molar-refractivity contribution is 7.09. The van der Waals surface area contributed by atoms with Crippen LogP contribution in [0.5, 0.6) is 0 Å². The van der Waals surface area contributed by atoms with Crippen molar-refractivity contribution in [1.82, 2.24) is 15.6 Å². The Morgan fingerprint density at radius 2 is 2.05 bits per heavy atom. The molecule has 0 aromatic carbocycles. The first-order valence-electron chi connectivity index (χ1n) is 6.09. The molecule has 0 aliphatic rings. The molecule has 1 aromatic heterocycles. The standard InChI is InChI=1S/C12H19N3O3S/c1-7(2)6-9(11(16)17)15-12(18)14-8(3)10-13-4-5-19-10/h4-5,7-9H,6H2,1-3H3,(H,16,17)(H2,14,15,18). The van der Waals surface area contributed by atoms with Gasteiger partial charge in [-0.15, -0.1) is 11.3 Å². The zero-order valence-corrected chi connectivity index (χ0v) is 12.0. The second-order valence-corrected chi connectivity index (χ2v) is 5.66. The largest absolute Gasteiger partial charge is 0.480 e. The van der Waals surface area contributed by atoms with Gasteiger partial charge in [-0.25, -0.2) is 14.6 Å². The monoisotopic (exact) mass is 285 g/mol. The van der Waals surface area contributed by atoms with Crippen molar-refractivity contribution in [3.05, 3.63) is 16.6 Å². The number of amides is 2. The molecule has 7 heteroatoms. The molecule has 0 fully saturated rings. The van der Waals surface area contributed by atoms with E-state index in [2.05, 4.69) is 15.6 Å². The van der Waals surface area contributed by atoms with E-state index < -0.39 is 18.0 Å². The summed E-state index contributed by atoms with van der Waals surface area (Å²) >= 11 is 1.44. The first kappa shape index (κ1) is 15.4. The molecule has 0 saturated carbocycles. The van der Waals surface area contributed by atoms with Gasteiger partial charge in [0.1, 0.15) is 11.0 Å². The van der Waals surface area contributed by atoms with E-state index in [0.29, 0.717) is 6.42 Å². The average molecular weight is 285 g/mol. The van der Waals surface area contributed by atoms with Crippen LogP contribution < -0.4 is 10.6 Å². The molecule has 0 bridgehead atoms. The van der Waals surface area contributed by atoms with Crippen LogP contribution in [0.25, 0.3) is 0 Å². The molecule has 1 rings (SSSR count). The number of thiazole rings is 1. The molecule has 19 heavy (non-hydrogen) atoms. The van der Waals surface area contributed by atoms with E-state index >= 15 is 0 Å². The zero-order valence-electron chi connectivity index (χ0n) is 11.2. The summed E-state index contributed by atoms with van der Waals surface area (Å²) in [5.74, 6) is -0.830. The van der Waals surface area contributed by atoms with Gasteiger partial charge in [0.2, 0.25) is 0 Å². The fraction of sp³-hybridized carbons (Fsp3) is 0.583. The van der Waals surface area contributed by atoms with Crippen LogP contribution in [0.2, 0.25) is 0 Å². The third-order valence-electron chi connectivity index (χ3n) is 2.48. The molecule has 3 N–H and O–H groups in total. The van der Waals surface area contributed by atoms with E-state index in [4.69, 9.17) is 5.11 Å². The average Bonchev–Trinajstić information content (AvgIpc) is 2.80. The number of carboxylic acids is 1. The Hall–Kier alpha value is -1.63. The summed E-state index contributed by atoms with van der Waals surface area (Å²) in [4.78, 5) is 26.9. The third kappa shape index (κ3) is 5.25. The zero-order chi connectivity index (χ0) is 14.4. The van der Waals surface area contributed by atoms with Crippen molar-refractivity contribution in [2.45, 2.75) is 39.3 Å². The first-order chi connectivity index (χ1) is 8.90. The van der Waals surface area contributed by atoms with Gasteiger partial charge in [0.15, 0.2) is 0 Å². The van der Waals surface area contributed by atoms with Gasteiger partial charge >= 0.3 is 12.0 Å². The molecular formula is C12H19N3O3S. The molecule has 2 atom stereocenters. The van der Waals surface area contributed by atoms with Crippen molar-refractivity contribution in [3.63, 3.8) is 0 Å². The highest BCUT2D eigenvalue weighted by atomic mass is 32.1. The summed E-state index contributed by atoms with van der Waals surface area (Å²) in [5.41, 5.74) is 0. The Labute approximate surface area is 116 Å². The van der Waals surface area contributed by atoms with Crippen LogP contribution in [0.1, 0.15) is 38.2 Å². The third-order valence-corrected chi connectivity index (χ3v) is 3.44. The molecule has 0 radical (unpaired) electrons. The maximum Gasteiger partial charge on any atom is 0.326 e. The molecule has 106 valence electrons. The summed E-state index contributed by atoms with van der Waals surface area (Å²) in [7, 11) is 0. The van der Waals surface area contributed by atoms with Gasteiger partial charge in [-0.2, -0.15) is 0 Å². The number of nitrogens with zero attached hydrogens (tertiary/aromatic N) is 1. The molecule has 0 aliphatic carbocycles. The summed E-state index contributed by atoms with van der Waals surface area (Å²) in [6.07, 6.45) is 2.06. The predicted octanol–water partition coefficient (Wildman–Crippen LogP) is 2.00. The minimum Gasteiger partial charge on any atom is -0.480 e. The summed E-state index contributed by atoms with van der Waals surface area (Å²) < 4.78 is 0. The van der Waals surface area contributed by atoms with Gasteiger partial charge in [0.25, 0.3) is 0 Å². The van der Waals surface area contributed by atoms with Crippen molar-refractivity contribution in [1.29, 1.82) is 0 Å². The molecule has 2 unspecified atom stereocenters. The molecule has 0 spiro atoms. The van der Waals surface area contributed by atoms with Crippen LogP contribution in [0.4, 0.5) is 4.79 Å². The lowest BCUT2D eigenvalue weighted by atomic mass is 10.0. The van der Waals surface area contributed by atoms with Crippen molar-refractivity contribution in [2.75, 3.05) is 0 Å². The van der Waals surface area contributed by atoms with Crippen LogP contribution in [0.3, 0.4) is 0 Å². The van der Waals surface area contributed by atoms with Crippen LogP contribution in [-0.2, 0) is 4.79 Å². The first-order valence-corrected chi connectivity index (χ1v) is 6.97. The van der Waals surface area contributed by atoms with Crippen molar-refractivity contribution < 1.29 is 14.7 Å². The summed E-state index contributed by atoms with van der Waals surface area (Å²) in [5, 5.41) is 16.8. The lowest BCUT2D eigenvalue weighted by Gasteiger charge is -2.18. The van der Waals surface area contributed by atoms with Gasteiger partial charge in [-0.1, -0.05) is 13.8 Å². The molecular weight excluding hydrogens is 266 g/mol. The van der Waals surface area contributed by atoms with Gasteiger partial charge in [-0.05, 0) is 19.3 Å². The number of carbonyl (C=O) groups is 2. The van der Waals surface area contributed by atoms with Crippen molar-refractivity contribution in [3.8, 4) is 0 Å². The van der Waals surface area contributed by atoms with Crippen LogP contribution in [0, 0.1) is 5.92 Å². The van der Waals surface area contributed by atoms with E-state index in [9.17, 15) is 9.59 Å². The fourth-order valence-corrected chi connectivity index (χ4v) is 2.25. The van der Waals surface area contributed by atoms with Crippen LogP contribution in [0.15, 0.2) is 11.6 Å². The number of aromatic nitrogens is 1. The predicted molar refractivity (Wildman–Crippen MR) is 73.1 cm³/mol. The Kier molecular flexibility index (Phi) is 5.75. The molecule has 2 amide bonds. The van der Waals surface area contributed by atoms with Gasteiger partial charge in [0.05, 0.1) is 6.04 Å². The van der Waals surface area contributed by atoms with E-state index in [1.807, 2.05) is 19.2 Å². The Morgan fingerprint density at radius 1 is 1.37 bits per heavy atom. The number of hydrogen-bond acceptors (Lipinski definition) is 4. The highest BCUT2D eigenvalue weighted by Crippen LogP contribution is 2.14. The molecule has 0 saturated heterocycles.